The van der Waals surface area contributed by atoms with Crippen molar-refractivity contribution in [2.45, 2.75) is 43.9 Å². The fourth-order valence-electron chi connectivity index (χ4n) is 1.53. The second-order valence-electron chi connectivity index (χ2n) is 4.65. The lowest BCUT2D eigenvalue weighted by molar-refractivity contribution is 0.548. The van der Waals surface area contributed by atoms with Crippen molar-refractivity contribution in [2.24, 2.45) is 0 Å². The Morgan fingerprint density at radius 2 is 2.13 bits per heavy atom. The summed E-state index contributed by atoms with van der Waals surface area (Å²) in [7, 11) is 0. The summed E-state index contributed by atoms with van der Waals surface area (Å²) in [6.45, 7) is 5.31. The molecule has 1 aliphatic rings. The first kappa shape index (κ1) is 11.3. The highest BCUT2D eigenvalue weighted by Crippen LogP contribution is 2.40. The monoisotopic (exact) mass is 245 g/mol. The van der Waals surface area contributed by atoms with Gasteiger partial charge < -0.3 is 4.57 Å². The lowest BCUT2D eigenvalue weighted by Crippen LogP contribution is -2.23. The highest BCUT2D eigenvalue weighted by Gasteiger charge is 2.31. The molecular weight excluding hydrogens is 230 g/mol. The van der Waals surface area contributed by atoms with Crippen molar-refractivity contribution in [1.29, 1.82) is 0 Å². The standard InChI is InChI=1S/C10H16ClN3S/c1-10(2,15-3)6-14-8(7-4-5-7)12-13-9(14)11/h7H,4-6H2,1-3H3. The minimum atomic E-state index is 0.176. The molecule has 0 atom stereocenters. The van der Waals surface area contributed by atoms with Gasteiger partial charge in [-0.2, -0.15) is 11.8 Å². The highest BCUT2D eigenvalue weighted by atomic mass is 35.5. The Labute approximate surface area is 99.6 Å². The van der Waals surface area contributed by atoms with Crippen LogP contribution in [0.25, 0.3) is 0 Å². The van der Waals surface area contributed by atoms with Crippen molar-refractivity contribution in [3.05, 3.63) is 11.1 Å². The van der Waals surface area contributed by atoms with E-state index in [-0.39, 0.29) is 4.75 Å². The zero-order chi connectivity index (χ0) is 11.1. The summed E-state index contributed by atoms with van der Waals surface area (Å²) >= 11 is 7.90. The lowest BCUT2D eigenvalue weighted by atomic mass is 10.2. The molecule has 1 aromatic heterocycles. The molecule has 84 valence electrons. The van der Waals surface area contributed by atoms with E-state index >= 15 is 0 Å². The Kier molecular flexibility index (Phi) is 2.99. The normalized spacial score (nSPS) is 17.1. The quantitative estimate of drug-likeness (QED) is 0.817. The predicted molar refractivity (Wildman–Crippen MR) is 64.6 cm³/mol. The summed E-state index contributed by atoms with van der Waals surface area (Å²) in [5.41, 5.74) is 0. The van der Waals surface area contributed by atoms with Crippen molar-refractivity contribution in [3.8, 4) is 0 Å². The van der Waals surface area contributed by atoms with Crippen molar-refractivity contribution >= 4 is 23.4 Å². The first-order chi connectivity index (χ1) is 7.03. The topological polar surface area (TPSA) is 30.7 Å². The van der Waals surface area contributed by atoms with Gasteiger partial charge in [0.05, 0.1) is 0 Å². The van der Waals surface area contributed by atoms with E-state index in [9.17, 15) is 0 Å². The van der Waals surface area contributed by atoms with E-state index in [1.54, 1.807) is 0 Å². The molecule has 0 aromatic carbocycles. The van der Waals surface area contributed by atoms with Gasteiger partial charge in [-0.25, -0.2) is 0 Å². The van der Waals surface area contributed by atoms with Crippen LogP contribution in [0.3, 0.4) is 0 Å². The molecule has 0 amide bonds. The van der Waals surface area contributed by atoms with Crippen LogP contribution in [0.1, 0.15) is 38.4 Å². The van der Waals surface area contributed by atoms with E-state index in [1.807, 2.05) is 11.8 Å². The molecule has 0 N–H and O–H groups in total. The maximum atomic E-state index is 6.06. The van der Waals surface area contributed by atoms with Crippen LogP contribution in [-0.2, 0) is 6.54 Å². The fourth-order valence-corrected chi connectivity index (χ4v) is 1.97. The molecule has 3 nitrogen and oxygen atoms in total. The van der Waals surface area contributed by atoms with E-state index in [1.165, 1.54) is 12.8 Å². The fraction of sp³-hybridized carbons (Fsp3) is 0.800. The van der Waals surface area contributed by atoms with E-state index in [0.29, 0.717) is 11.2 Å². The summed E-state index contributed by atoms with van der Waals surface area (Å²) in [5, 5.41) is 8.66. The zero-order valence-electron chi connectivity index (χ0n) is 9.33. The molecule has 1 saturated carbocycles. The number of rotatable bonds is 4. The van der Waals surface area contributed by atoms with E-state index < -0.39 is 0 Å². The molecule has 2 rings (SSSR count). The third kappa shape index (κ3) is 2.48. The summed E-state index contributed by atoms with van der Waals surface area (Å²) in [4.78, 5) is 0. The average Bonchev–Trinajstić information content (AvgIpc) is 2.95. The Morgan fingerprint density at radius 3 is 2.67 bits per heavy atom. The zero-order valence-corrected chi connectivity index (χ0v) is 10.9. The third-order valence-electron chi connectivity index (χ3n) is 2.77. The average molecular weight is 246 g/mol. The van der Waals surface area contributed by atoms with Crippen molar-refractivity contribution in [3.63, 3.8) is 0 Å². The summed E-state index contributed by atoms with van der Waals surface area (Å²) in [5.74, 6) is 1.67. The van der Waals surface area contributed by atoms with Crippen LogP contribution in [-0.4, -0.2) is 25.8 Å². The molecule has 0 radical (unpaired) electrons. The smallest absolute Gasteiger partial charge is 0.225 e. The molecular formula is C10H16ClN3S. The van der Waals surface area contributed by atoms with Gasteiger partial charge in [0.1, 0.15) is 5.82 Å². The van der Waals surface area contributed by atoms with Crippen molar-refractivity contribution in [2.75, 3.05) is 6.26 Å². The summed E-state index contributed by atoms with van der Waals surface area (Å²) in [6, 6.07) is 0. The molecule has 1 fully saturated rings. The number of aromatic nitrogens is 3. The SMILES string of the molecule is CSC(C)(C)Cn1c(Cl)nnc1C1CC1. The van der Waals surface area contributed by atoms with Gasteiger partial charge in [-0.15, -0.1) is 10.2 Å². The van der Waals surface area contributed by atoms with Gasteiger partial charge in [-0.3, -0.25) is 0 Å². The molecule has 1 aliphatic carbocycles. The number of hydrogen-bond acceptors (Lipinski definition) is 3. The van der Waals surface area contributed by atoms with Gasteiger partial charge >= 0.3 is 0 Å². The second kappa shape index (κ2) is 3.98. The van der Waals surface area contributed by atoms with Gasteiger partial charge in [0.2, 0.25) is 5.28 Å². The molecule has 1 aromatic rings. The number of halogens is 1. The van der Waals surface area contributed by atoms with Crippen LogP contribution in [0.4, 0.5) is 0 Å². The Hall–Kier alpha value is -0.220. The van der Waals surface area contributed by atoms with Gasteiger partial charge in [-0.05, 0) is 44.5 Å². The predicted octanol–water partition coefficient (Wildman–Crippen LogP) is 2.95. The van der Waals surface area contributed by atoms with Gasteiger partial charge in [0.25, 0.3) is 0 Å². The number of nitrogens with zero attached hydrogens (tertiary/aromatic N) is 3. The van der Waals surface area contributed by atoms with Crippen LogP contribution in [0.5, 0.6) is 0 Å². The lowest BCUT2D eigenvalue weighted by Gasteiger charge is -2.23. The largest absolute Gasteiger partial charge is 0.300 e. The maximum absolute atomic E-state index is 6.06. The van der Waals surface area contributed by atoms with E-state index in [2.05, 4.69) is 34.9 Å². The molecule has 0 bridgehead atoms. The van der Waals surface area contributed by atoms with Crippen molar-refractivity contribution < 1.29 is 0 Å². The molecule has 1 heterocycles. The first-order valence-corrected chi connectivity index (χ1v) is 6.77. The van der Waals surface area contributed by atoms with Crippen LogP contribution in [0.2, 0.25) is 5.28 Å². The summed E-state index contributed by atoms with van der Waals surface area (Å²) in [6.07, 6.45) is 4.58. The minimum absolute atomic E-state index is 0.176. The van der Waals surface area contributed by atoms with E-state index in [0.717, 1.165) is 12.4 Å². The van der Waals surface area contributed by atoms with Crippen molar-refractivity contribution in [1.82, 2.24) is 14.8 Å². The maximum Gasteiger partial charge on any atom is 0.225 e. The van der Waals surface area contributed by atoms with Crippen LogP contribution < -0.4 is 0 Å². The molecule has 0 spiro atoms. The van der Waals surface area contributed by atoms with Gasteiger partial charge in [0.15, 0.2) is 0 Å². The highest BCUT2D eigenvalue weighted by molar-refractivity contribution is 7.99. The van der Waals surface area contributed by atoms with Crippen LogP contribution in [0.15, 0.2) is 0 Å². The van der Waals surface area contributed by atoms with Crippen LogP contribution in [0, 0.1) is 0 Å². The Balaban J connectivity index is 2.22. The van der Waals surface area contributed by atoms with Gasteiger partial charge in [0, 0.05) is 17.2 Å². The molecule has 5 heteroatoms. The first-order valence-electron chi connectivity index (χ1n) is 5.17. The summed E-state index contributed by atoms with van der Waals surface area (Å²) < 4.78 is 2.24. The molecule has 0 unspecified atom stereocenters. The molecule has 0 saturated heterocycles. The Bertz CT molecular complexity index is 358. The van der Waals surface area contributed by atoms with Crippen LogP contribution >= 0.6 is 23.4 Å². The van der Waals surface area contributed by atoms with Gasteiger partial charge in [-0.1, -0.05) is 0 Å². The van der Waals surface area contributed by atoms with E-state index in [4.69, 9.17) is 11.6 Å². The molecule has 0 aliphatic heterocycles. The molecule has 15 heavy (non-hydrogen) atoms. The number of hydrogen-bond donors (Lipinski definition) is 0. The minimum Gasteiger partial charge on any atom is -0.300 e. The third-order valence-corrected chi connectivity index (χ3v) is 4.28. The second-order valence-corrected chi connectivity index (χ2v) is 6.50. The Morgan fingerprint density at radius 1 is 1.47 bits per heavy atom. The number of thioether (sulfide) groups is 1.